The van der Waals surface area contributed by atoms with Gasteiger partial charge in [-0.2, -0.15) is 5.10 Å². The van der Waals surface area contributed by atoms with Crippen LogP contribution in [0.15, 0.2) is 24.3 Å². The van der Waals surface area contributed by atoms with E-state index < -0.39 is 23.4 Å². The zero-order valence-electron chi connectivity index (χ0n) is 17.2. The summed E-state index contributed by atoms with van der Waals surface area (Å²) in [5.74, 6) is 0.165. The molecule has 2 aromatic rings. The molecule has 1 amide bonds. The number of anilines is 1. The molecule has 8 heteroatoms. The quantitative estimate of drug-likeness (QED) is 0.696. The van der Waals surface area contributed by atoms with Crippen LogP contribution in [0.5, 0.6) is 0 Å². The van der Waals surface area contributed by atoms with Gasteiger partial charge in [0.1, 0.15) is 17.0 Å². The summed E-state index contributed by atoms with van der Waals surface area (Å²) < 4.78 is 11.7. The van der Waals surface area contributed by atoms with Crippen molar-refractivity contribution in [2.75, 3.05) is 5.32 Å². The number of nitrogens with zero attached hydrogens (tertiary/aromatic N) is 2. The topological polar surface area (TPSA) is 82.5 Å². The molecule has 0 bridgehead atoms. The Labute approximate surface area is 170 Å². The first-order valence-corrected chi connectivity index (χ1v) is 9.24. The maximum absolute atomic E-state index is 12.7. The summed E-state index contributed by atoms with van der Waals surface area (Å²) in [6.45, 7) is 12.2. The fourth-order valence-electron chi connectivity index (χ4n) is 2.39. The minimum Gasteiger partial charge on any atom is -0.444 e. The molecule has 0 radical (unpaired) electrons. The van der Waals surface area contributed by atoms with Gasteiger partial charge < -0.3 is 9.47 Å². The molecule has 28 heavy (non-hydrogen) atoms. The molecule has 1 heterocycles. The lowest BCUT2D eigenvalue weighted by molar-refractivity contribution is 0.0518. The summed E-state index contributed by atoms with van der Waals surface area (Å²) in [5.41, 5.74) is 0.230. The number of nitrogens with one attached hydrogen (secondary N) is 1. The molecule has 0 saturated carbocycles. The number of hydrogen-bond donors (Lipinski definition) is 1. The van der Waals surface area contributed by atoms with Gasteiger partial charge in [-0.05, 0) is 54.5 Å². The third kappa shape index (κ3) is 5.48. The Morgan fingerprint density at radius 2 is 1.61 bits per heavy atom. The Kier molecular flexibility index (Phi) is 6.09. The molecule has 0 saturated heterocycles. The van der Waals surface area contributed by atoms with Crippen LogP contribution in [0.4, 0.5) is 15.4 Å². The molecule has 0 unspecified atom stereocenters. The van der Waals surface area contributed by atoms with Crippen molar-refractivity contribution in [1.82, 2.24) is 9.78 Å². The highest BCUT2D eigenvalue weighted by Gasteiger charge is 2.27. The second kappa shape index (κ2) is 7.83. The molecule has 0 aliphatic heterocycles. The van der Waals surface area contributed by atoms with Crippen molar-refractivity contribution in [3.8, 4) is 11.3 Å². The van der Waals surface area contributed by atoms with Gasteiger partial charge in [-0.3, -0.25) is 5.32 Å². The summed E-state index contributed by atoms with van der Waals surface area (Å²) in [4.78, 5) is 25.0. The molecular formula is C20H26ClN3O4. The molecule has 0 aliphatic carbocycles. The first kappa shape index (κ1) is 21.8. The van der Waals surface area contributed by atoms with Crippen LogP contribution in [-0.4, -0.2) is 33.2 Å². The van der Waals surface area contributed by atoms with E-state index in [1.807, 2.05) is 6.07 Å². The van der Waals surface area contributed by atoms with Crippen LogP contribution in [0.25, 0.3) is 11.3 Å². The second-order valence-corrected chi connectivity index (χ2v) is 8.73. The van der Waals surface area contributed by atoms with Gasteiger partial charge in [0, 0.05) is 11.1 Å². The molecule has 2 rings (SSSR count). The summed E-state index contributed by atoms with van der Waals surface area (Å²) >= 11 is 6.29. The average Bonchev–Trinajstić information content (AvgIpc) is 2.81. The Hall–Kier alpha value is -2.54. The molecule has 0 fully saturated rings. The van der Waals surface area contributed by atoms with Crippen molar-refractivity contribution in [1.29, 1.82) is 0 Å². The van der Waals surface area contributed by atoms with Crippen LogP contribution in [0.1, 0.15) is 47.1 Å². The van der Waals surface area contributed by atoms with E-state index in [-0.39, 0.29) is 5.82 Å². The standard InChI is InChI=1S/C20H26ClN3O4/c1-12-15(13-10-8-9-11-14(13)21)23-24(18(26)28-20(5,6)7)16(12)22-17(25)27-19(2,3)4/h8-11H,1-7H3,(H,22,25). The van der Waals surface area contributed by atoms with E-state index in [4.69, 9.17) is 21.1 Å². The number of aromatic nitrogens is 2. The highest BCUT2D eigenvalue weighted by molar-refractivity contribution is 6.33. The van der Waals surface area contributed by atoms with Crippen LogP contribution in [0.3, 0.4) is 0 Å². The molecule has 7 nitrogen and oxygen atoms in total. The van der Waals surface area contributed by atoms with E-state index >= 15 is 0 Å². The van der Waals surface area contributed by atoms with E-state index in [2.05, 4.69) is 10.4 Å². The van der Waals surface area contributed by atoms with E-state index in [1.165, 1.54) is 0 Å². The first-order chi connectivity index (χ1) is 12.8. The monoisotopic (exact) mass is 407 g/mol. The van der Waals surface area contributed by atoms with E-state index in [0.29, 0.717) is 21.8 Å². The van der Waals surface area contributed by atoms with Crippen molar-refractivity contribution in [3.05, 3.63) is 34.9 Å². The minimum absolute atomic E-state index is 0.165. The summed E-state index contributed by atoms with van der Waals surface area (Å²) in [5, 5.41) is 7.44. The molecule has 1 N–H and O–H groups in total. The number of rotatable bonds is 2. The van der Waals surface area contributed by atoms with Gasteiger partial charge in [-0.15, -0.1) is 4.68 Å². The number of hydrogen-bond acceptors (Lipinski definition) is 5. The number of benzene rings is 1. The Balaban J connectivity index is 2.52. The Morgan fingerprint density at radius 3 is 2.14 bits per heavy atom. The fourth-order valence-corrected chi connectivity index (χ4v) is 2.61. The number of carbonyl (C=O) groups is 2. The molecule has 1 aromatic heterocycles. The lowest BCUT2D eigenvalue weighted by atomic mass is 10.1. The van der Waals surface area contributed by atoms with Gasteiger partial charge >= 0.3 is 12.2 Å². The molecule has 0 aliphatic rings. The molecule has 0 atom stereocenters. The number of amides is 1. The minimum atomic E-state index is -0.731. The Bertz CT molecular complexity index is 892. The van der Waals surface area contributed by atoms with Crippen LogP contribution in [0, 0.1) is 6.92 Å². The smallest absolute Gasteiger partial charge is 0.437 e. The third-order valence-electron chi connectivity index (χ3n) is 3.44. The molecular weight excluding hydrogens is 382 g/mol. The SMILES string of the molecule is Cc1c(-c2ccccc2Cl)nn(C(=O)OC(C)(C)C)c1NC(=O)OC(C)(C)C. The third-order valence-corrected chi connectivity index (χ3v) is 3.77. The van der Waals surface area contributed by atoms with E-state index in [0.717, 1.165) is 4.68 Å². The largest absolute Gasteiger partial charge is 0.444 e. The summed E-state index contributed by atoms with van der Waals surface area (Å²) in [6.07, 6.45) is -1.43. The summed E-state index contributed by atoms with van der Waals surface area (Å²) in [7, 11) is 0. The van der Waals surface area contributed by atoms with Crippen LogP contribution < -0.4 is 5.32 Å². The average molecular weight is 408 g/mol. The number of ether oxygens (including phenoxy) is 2. The van der Waals surface area contributed by atoms with Crippen LogP contribution in [0.2, 0.25) is 5.02 Å². The maximum Gasteiger partial charge on any atom is 0.437 e. The van der Waals surface area contributed by atoms with E-state index in [1.54, 1.807) is 66.7 Å². The first-order valence-electron chi connectivity index (χ1n) is 8.86. The van der Waals surface area contributed by atoms with Crippen molar-refractivity contribution < 1.29 is 19.1 Å². The number of carbonyl (C=O) groups excluding carboxylic acids is 2. The van der Waals surface area contributed by atoms with E-state index in [9.17, 15) is 9.59 Å². The molecule has 0 spiro atoms. The predicted molar refractivity (Wildman–Crippen MR) is 109 cm³/mol. The van der Waals surface area contributed by atoms with Gasteiger partial charge in [0.25, 0.3) is 0 Å². The van der Waals surface area contributed by atoms with Gasteiger partial charge in [0.05, 0.1) is 10.7 Å². The van der Waals surface area contributed by atoms with Gasteiger partial charge in [-0.1, -0.05) is 29.8 Å². The zero-order chi connectivity index (χ0) is 21.3. The molecule has 152 valence electrons. The predicted octanol–water partition coefficient (Wildman–Crippen LogP) is 5.64. The second-order valence-electron chi connectivity index (χ2n) is 8.32. The zero-order valence-corrected chi connectivity index (χ0v) is 18.0. The van der Waals surface area contributed by atoms with Gasteiger partial charge in [0.2, 0.25) is 0 Å². The van der Waals surface area contributed by atoms with Crippen molar-refractivity contribution in [2.45, 2.75) is 59.7 Å². The van der Waals surface area contributed by atoms with Crippen molar-refractivity contribution in [2.24, 2.45) is 0 Å². The van der Waals surface area contributed by atoms with Crippen LogP contribution in [-0.2, 0) is 9.47 Å². The van der Waals surface area contributed by atoms with Crippen molar-refractivity contribution >= 4 is 29.6 Å². The van der Waals surface area contributed by atoms with Crippen molar-refractivity contribution in [3.63, 3.8) is 0 Å². The summed E-state index contributed by atoms with van der Waals surface area (Å²) in [6, 6.07) is 7.12. The normalized spacial score (nSPS) is 11.9. The molecule has 1 aromatic carbocycles. The Morgan fingerprint density at radius 1 is 1.04 bits per heavy atom. The number of halogens is 1. The highest BCUT2D eigenvalue weighted by Crippen LogP contribution is 2.33. The van der Waals surface area contributed by atoms with Crippen LogP contribution >= 0.6 is 11.6 Å². The fraction of sp³-hybridized carbons (Fsp3) is 0.450. The van der Waals surface area contributed by atoms with Gasteiger partial charge in [0.15, 0.2) is 0 Å². The highest BCUT2D eigenvalue weighted by atomic mass is 35.5. The lowest BCUT2D eigenvalue weighted by Crippen LogP contribution is -2.31. The maximum atomic E-state index is 12.7. The van der Waals surface area contributed by atoms with Gasteiger partial charge in [-0.25, -0.2) is 9.59 Å². The lowest BCUT2D eigenvalue weighted by Gasteiger charge is -2.21.